The lowest BCUT2D eigenvalue weighted by atomic mass is 9.77. The van der Waals surface area contributed by atoms with Crippen LogP contribution in [0.3, 0.4) is 0 Å². The highest BCUT2D eigenvalue weighted by atomic mass is 14.5. The average Bonchev–Trinajstić information content (AvgIpc) is 2.37. The van der Waals surface area contributed by atoms with Crippen molar-refractivity contribution in [2.24, 2.45) is 5.73 Å². The number of benzene rings is 2. The van der Waals surface area contributed by atoms with E-state index in [1.807, 2.05) is 0 Å². The van der Waals surface area contributed by atoms with Gasteiger partial charge in [-0.2, -0.15) is 0 Å². The Morgan fingerprint density at radius 2 is 1.84 bits per heavy atom. The molecule has 2 aromatic rings. The lowest BCUT2D eigenvalue weighted by Gasteiger charge is -2.28. The number of rotatable bonds is 3. The van der Waals surface area contributed by atoms with Gasteiger partial charge in [0.05, 0.1) is 0 Å². The Balaban J connectivity index is 2.06. The van der Waals surface area contributed by atoms with Crippen LogP contribution in [-0.4, -0.2) is 0 Å². The first-order valence-corrected chi connectivity index (χ1v) is 7.18. The molecule has 0 amide bonds. The van der Waals surface area contributed by atoms with E-state index in [4.69, 9.17) is 5.73 Å². The van der Waals surface area contributed by atoms with Gasteiger partial charge >= 0.3 is 0 Å². The van der Waals surface area contributed by atoms with Gasteiger partial charge in [-0.15, -0.1) is 0 Å². The summed E-state index contributed by atoms with van der Waals surface area (Å²) in [5.74, 6) is 0.768. The van der Waals surface area contributed by atoms with E-state index in [9.17, 15) is 0 Å². The van der Waals surface area contributed by atoms with Crippen molar-refractivity contribution in [3.05, 3.63) is 59.2 Å². The Bertz CT molecular complexity index is 582. The highest BCUT2D eigenvalue weighted by Gasteiger charge is 2.22. The van der Waals surface area contributed by atoms with Crippen LogP contribution >= 0.6 is 0 Å². The zero-order valence-electron chi connectivity index (χ0n) is 11.5. The molecule has 0 aliphatic heterocycles. The van der Waals surface area contributed by atoms with Crippen LogP contribution in [-0.2, 0) is 6.54 Å². The number of nitrogens with two attached hydrogens (primary N) is 1. The standard InChI is InChI=1S/C18H21N/c1-13-11-14(12-19)9-10-16(13)18-8-3-2-7-17(18)15-5-4-6-15/h2-3,7-11,15H,4-6,12,19H2,1H3. The van der Waals surface area contributed by atoms with Gasteiger partial charge in [0.1, 0.15) is 0 Å². The molecule has 3 rings (SSSR count). The van der Waals surface area contributed by atoms with Crippen LogP contribution in [0.25, 0.3) is 11.1 Å². The largest absolute Gasteiger partial charge is 0.326 e. The molecule has 0 aromatic heterocycles. The Kier molecular flexibility index (Phi) is 3.39. The minimum Gasteiger partial charge on any atom is -0.326 e. The van der Waals surface area contributed by atoms with Gasteiger partial charge in [-0.3, -0.25) is 0 Å². The van der Waals surface area contributed by atoms with Crippen LogP contribution in [0, 0.1) is 6.92 Å². The summed E-state index contributed by atoms with van der Waals surface area (Å²) in [6, 6.07) is 15.5. The minimum atomic E-state index is 0.616. The van der Waals surface area contributed by atoms with E-state index < -0.39 is 0 Å². The van der Waals surface area contributed by atoms with Crippen LogP contribution in [0.4, 0.5) is 0 Å². The zero-order chi connectivity index (χ0) is 13.2. The van der Waals surface area contributed by atoms with Crippen molar-refractivity contribution in [2.75, 3.05) is 0 Å². The summed E-state index contributed by atoms with van der Waals surface area (Å²) in [7, 11) is 0. The van der Waals surface area contributed by atoms with E-state index in [1.54, 1.807) is 0 Å². The first kappa shape index (κ1) is 12.4. The molecule has 98 valence electrons. The van der Waals surface area contributed by atoms with Gasteiger partial charge in [0.25, 0.3) is 0 Å². The van der Waals surface area contributed by atoms with Gasteiger partial charge in [0.2, 0.25) is 0 Å². The molecule has 0 atom stereocenters. The lowest BCUT2D eigenvalue weighted by molar-refractivity contribution is 0.420. The molecule has 0 radical (unpaired) electrons. The molecule has 0 unspecified atom stereocenters. The molecule has 1 aliphatic rings. The van der Waals surface area contributed by atoms with Gasteiger partial charge in [0.15, 0.2) is 0 Å². The van der Waals surface area contributed by atoms with E-state index in [1.165, 1.54) is 47.1 Å². The Morgan fingerprint density at radius 1 is 1.05 bits per heavy atom. The van der Waals surface area contributed by atoms with E-state index in [0.29, 0.717) is 6.54 Å². The van der Waals surface area contributed by atoms with Crippen molar-refractivity contribution in [2.45, 2.75) is 38.6 Å². The Labute approximate surface area is 115 Å². The Hall–Kier alpha value is -1.60. The van der Waals surface area contributed by atoms with Gasteiger partial charge < -0.3 is 5.73 Å². The molecule has 1 saturated carbocycles. The highest BCUT2D eigenvalue weighted by molar-refractivity contribution is 5.71. The zero-order valence-corrected chi connectivity index (χ0v) is 11.5. The van der Waals surface area contributed by atoms with Crippen LogP contribution in [0.1, 0.15) is 41.9 Å². The van der Waals surface area contributed by atoms with Crippen LogP contribution in [0.2, 0.25) is 0 Å². The molecule has 19 heavy (non-hydrogen) atoms. The summed E-state index contributed by atoms with van der Waals surface area (Å²) >= 11 is 0. The second-order valence-corrected chi connectivity index (χ2v) is 5.57. The normalized spacial score (nSPS) is 15.3. The van der Waals surface area contributed by atoms with Crippen LogP contribution in [0.5, 0.6) is 0 Å². The summed E-state index contributed by atoms with van der Waals surface area (Å²) in [6.07, 6.45) is 4.07. The van der Waals surface area contributed by atoms with Gasteiger partial charge in [-0.05, 0) is 53.5 Å². The molecule has 0 spiro atoms. The maximum atomic E-state index is 5.72. The SMILES string of the molecule is Cc1cc(CN)ccc1-c1ccccc1C1CCC1. The topological polar surface area (TPSA) is 26.0 Å². The third-order valence-electron chi connectivity index (χ3n) is 4.32. The summed E-state index contributed by atoms with van der Waals surface area (Å²) in [5.41, 5.74) is 12.6. The van der Waals surface area contributed by atoms with Gasteiger partial charge in [0, 0.05) is 6.54 Å². The van der Waals surface area contributed by atoms with Gasteiger partial charge in [-0.1, -0.05) is 48.9 Å². The summed E-state index contributed by atoms with van der Waals surface area (Å²) in [6.45, 7) is 2.80. The molecule has 1 heteroatoms. The minimum absolute atomic E-state index is 0.616. The number of hydrogen-bond donors (Lipinski definition) is 1. The van der Waals surface area contributed by atoms with Crippen molar-refractivity contribution in [3.8, 4) is 11.1 Å². The van der Waals surface area contributed by atoms with Crippen LogP contribution in [0.15, 0.2) is 42.5 Å². The maximum Gasteiger partial charge on any atom is 0.0178 e. The molecule has 1 aliphatic carbocycles. The fourth-order valence-electron chi connectivity index (χ4n) is 2.97. The molecule has 0 bridgehead atoms. The fourth-order valence-corrected chi connectivity index (χ4v) is 2.97. The van der Waals surface area contributed by atoms with Crippen molar-refractivity contribution in [1.82, 2.24) is 0 Å². The van der Waals surface area contributed by atoms with Crippen molar-refractivity contribution < 1.29 is 0 Å². The quantitative estimate of drug-likeness (QED) is 0.860. The van der Waals surface area contributed by atoms with E-state index >= 15 is 0 Å². The average molecular weight is 251 g/mol. The first-order valence-electron chi connectivity index (χ1n) is 7.18. The lowest BCUT2D eigenvalue weighted by Crippen LogP contribution is -2.10. The van der Waals surface area contributed by atoms with E-state index in [-0.39, 0.29) is 0 Å². The summed E-state index contributed by atoms with van der Waals surface area (Å²) in [4.78, 5) is 0. The highest BCUT2D eigenvalue weighted by Crippen LogP contribution is 2.41. The third-order valence-corrected chi connectivity index (χ3v) is 4.32. The van der Waals surface area contributed by atoms with Crippen LogP contribution < -0.4 is 5.73 Å². The van der Waals surface area contributed by atoms with Crippen molar-refractivity contribution in [3.63, 3.8) is 0 Å². The maximum absolute atomic E-state index is 5.72. The molecule has 2 N–H and O–H groups in total. The predicted octanol–water partition coefficient (Wildman–Crippen LogP) is 4.39. The summed E-state index contributed by atoms with van der Waals surface area (Å²) in [5, 5.41) is 0. The Morgan fingerprint density at radius 3 is 2.47 bits per heavy atom. The monoisotopic (exact) mass is 251 g/mol. The molecule has 1 nitrogen and oxygen atoms in total. The van der Waals surface area contributed by atoms with E-state index in [2.05, 4.69) is 49.4 Å². The second kappa shape index (κ2) is 5.18. The number of hydrogen-bond acceptors (Lipinski definition) is 1. The first-order chi connectivity index (χ1) is 9.29. The molecular formula is C18H21N. The fraction of sp³-hybridized carbons (Fsp3) is 0.333. The number of aryl methyl sites for hydroxylation is 1. The molecule has 0 saturated heterocycles. The van der Waals surface area contributed by atoms with Crippen molar-refractivity contribution >= 4 is 0 Å². The smallest absolute Gasteiger partial charge is 0.0178 e. The van der Waals surface area contributed by atoms with E-state index in [0.717, 1.165) is 5.92 Å². The van der Waals surface area contributed by atoms with Crippen molar-refractivity contribution in [1.29, 1.82) is 0 Å². The molecule has 2 aromatic carbocycles. The summed E-state index contributed by atoms with van der Waals surface area (Å²) < 4.78 is 0. The molecule has 1 fully saturated rings. The molecular weight excluding hydrogens is 230 g/mol. The van der Waals surface area contributed by atoms with Gasteiger partial charge in [-0.25, -0.2) is 0 Å². The third kappa shape index (κ3) is 2.31. The molecule has 0 heterocycles. The predicted molar refractivity (Wildman–Crippen MR) is 81.1 cm³/mol. The second-order valence-electron chi connectivity index (χ2n) is 5.57.